The number of hydrogen-bond donors (Lipinski definition) is 2. The lowest BCUT2D eigenvalue weighted by atomic mass is 10.3. The van der Waals surface area contributed by atoms with Crippen LogP contribution in [0.5, 0.6) is 0 Å². The Morgan fingerprint density at radius 1 is 1.37 bits per heavy atom. The number of rotatable bonds is 6. The summed E-state index contributed by atoms with van der Waals surface area (Å²) in [5, 5.41) is 13.9. The summed E-state index contributed by atoms with van der Waals surface area (Å²) in [5.74, 6) is 0.248. The molecule has 19 heavy (non-hydrogen) atoms. The van der Waals surface area contributed by atoms with Crippen molar-refractivity contribution in [2.75, 3.05) is 11.9 Å². The van der Waals surface area contributed by atoms with Gasteiger partial charge in [0.25, 0.3) is 0 Å². The van der Waals surface area contributed by atoms with Crippen LogP contribution >= 0.6 is 22.6 Å². The Balaban J connectivity index is 1.99. The Morgan fingerprint density at radius 2 is 2.21 bits per heavy atom. The van der Waals surface area contributed by atoms with Crippen molar-refractivity contribution in [2.45, 2.75) is 19.9 Å². The molecule has 0 spiro atoms. The Kier molecular flexibility index (Phi) is 5.08. The smallest absolute Gasteiger partial charge is 0.320 e. The first-order valence-corrected chi connectivity index (χ1v) is 7.02. The Labute approximate surface area is 124 Å². The fraction of sp³-hybridized carbons (Fsp3) is 0.333. The van der Waals surface area contributed by atoms with E-state index in [1.807, 2.05) is 22.6 Å². The molecule has 2 N–H and O–H groups in total. The van der Waals surface area contributed by atoms with E-state index < -0.39 is 0 Å². The van der Waals surface area contributed by atoms with E-state index in [1.54, 1.807) is 6.07 Å². The molecule has 0 bridgehead atoms. The molecule has 0 saturated heterocycles. The number of halogens is 2. The third kappa shape index (κ3) is 4.13. The van der Waals surface area contributed by atoms with Gasteiger partial charge in [-0.05, 0) is 53.8 Å². The molecule has 0 radical (unpaired) electrons. The van der Waals surface area contributed by atoms with Crippen LogP contribution in [0.25, 0.3) is 0 Å². The summed E-state index contributed by atoms with van der Waals surface area (Å²) in [6, 6.07) is 4.75. The summed E-state index contributed by atoms with van der Waals surface area (Å²) in [7, 11) is 0. The van der Waals surface area contributed by atoms with Crippen LogP contribution in [0.3, 0.4) is 0 Å². The van der Waals surface area contributed by atoms with Crippen LogP contribution < -0.4 is 10.6 Å². The second-order valence-electron chi connectivity index (χ2n) is 3.93. The molecule has 0 atom stereocenters. The van der Waals surface area contributed by atoms with Crippen LogP contribution in [0.1, 0.15) is 19.2 Å². The standard InChI is InChI=1S/C12H14FIN4O/c1-2-5-15-7-11-17-18-12(19-11)16-10-4-3-8(13)6-9(10)14/h3-4,6,15H,2,5,7H2,1H3,(H,16,18). The zero-order chi connectivity index (χ0) is 13.7. The quantitative estimate of drug-likeness (QED) is 0.600. The average Bonchev–Trinajstić information content (AvgIpc) is 2.81. The van der Waals surface area contributed by atoms with E-state index in [2.05, 4.69) is 27.8 Å². The molecule has 5 nitrogen and oxygen atoms in total. The summed E-state index contributed by atoms with van der Waals surface area (Å²) in [5.41, 5.74) is 0.735. The van der Waals surface area contributed by atoms with Crippen LogP contribution in [0.2, 0.25) is 0 Å². The van der Waals surface area contributed by atoms with E-state index in [-0.39, 0.29) is 5.82 Å². The minimum absolute atomic E-state index is 0.273. The molecule has 2 rings (SSSR count). The fourth-order valence-electron chi connectivity index (χ4n) is 1.45. The molecule has 0 fully saturated rings. The molecule has 2 aromatic rings. The maximum atomic E-state index is 13.0. The van der Waals surface area contributed by atoms with Gasteiger partial charge in [0, 0.05) is 3.57 Å². The summed E-state index contributed by atoms with van der Waals surface area (Å²) in [6.45, 7) is 3.54. The molecule has 1 aromatic carbocycles. The molecular formula is C12H14FIN4O. The van der Waals surface area contributed by atoms with Gasteiger partial charge in [0.05, 0.1) is 12.2 Å². The molecule has 1 heterocycles. The third-order valence-corrected chi connectivity index (χ3v) is 3.24. The summed E-state index contributed by atoms with van der Waals surface area (Å²) >= 11 is 2.04. The molecule has 0 aliphatic carbocycles. The number of aromatic nitrogens is 2. The minimum Gasteiger partial charge on any atom is -0.406 e. The van der Waals surface area contributed by atoms with Gasteiger partial charge < -0.3 is 15.1 Å². The van der Waals surface area contributed by atoms with Crippen LogP contribution in [-0.2, 0) is 6.54 Å². The SMILES string of the molecule is CCCNCc1nnc(Nc2ccc(F)cc2I)o1. The van der Waals surface area contributed by atoms with Crippen molar-refractivity contribution in [1.29, 1.82) is 0 Å². The van der Waals surface area contributed by atoms with Gasteiger partial charge >= 0.3 is 6.01 Å². The van der Waals surface area contributed by atoms with E-state index in [1.165, 1.54) is 12.1 Å². The molecule has 1 aromatic heterocycles. The predicted molar refractivity (Wildman–Crippen MR) is 78.7 cm³/mol. The van der Waals surface area contributed by atoms with Gasteiger partial charge in [-0.1, -0.05) is 12.0 Å². The van der Waals surface area contributed by atoms with Crippen LogP contribution in [0.4, 0.5) is 16.1 Å². The summed E-state index contributed by atoms with van der Waals surface area (Å²) in [4.78, 5) is 0. The Hall–Kier alpha value is -1.22. The van der Waals surface area contributed by atoms with Crippen LogP contribution in [-0.4, -0.2) is 16.7 Å². The molecule has 0 amide bonds. The van der Waals surface area contributed by atoms with Crippen molar-refractivity contribution in [3.63, 3.8) is 0 Å². The lowest BCUT2D eigenvalue weighted by molar-refractivity contribution is 0.479. The second-order valence-corrected chi connectivity index (χ2v) is 5.09. The van der Waals surface area contributed by atoms with Crippen molar-refractivity contribution < 1.29 is 8.81 Å². The van der Waals surface area contributed by atoms with Crippen molar-refractivity contribution in [3.05, 3.63) is 33.5 Å². The average molecular weight is 376 g/mol. The zero-order valence-electron chi connectivity index (χ0n) is 10.4. The van der Waals surface area contributed by atoms with E-state index in [0.717, 1.165) is 22.2 Å². The minimum atomic E-state index is -0.273. The molecule has 7 heteroatoms. The topological polar surface area (TPSA) is 63.0 Å². The molecule has 0 unspecified atom stereocenters. The highest BCUT2D eigenvalue weighted by Crippen LogP contribution is 2.22. The number of benzene rings is 1. The molecular weight excluding hydrogens is 362 g/mol. The van der Waals surface area contributed by atoms with Crippen molar-refractivity contribution >= 4 is 34.3 Å². The highest BCUT2D eigenvalue weighted by atomic mass is 127. The van der Waals surface area contributed by atoms with Crippen molar-refractivity contribution in [1.82, 2.24) is 15.5 Å². The number of hydrogen-bond acceptors (Lipinski definition) is 5. The van der Waals surface area contributed by atoms with Gasteiger partial charge in [0.2, 0.25) is 5.89 Å². The van der Waals surface area contributed by atoms with E-state index in [0.29, 0.717) is 18.5 Å². The van der Waals surface area contributed by atoms with Crippen molar-refractivity contribution in [2.24, 2.45) is 0 Å². The van der Waals surface area contributed by atoms with Gasteiger partial charge in [-0.25, -0.2) is 4.39 Å². The third-order valence-electron chi connectivity index (χ3n) is 2.34. The molecule has 0 saturated carbocycles. The highest BCUT2D eigenvalue weighted by Gasteiger charge is 2.08. The lowest BCUT2D eigenvalue weighted by Crippen LogP contribution is -2.13. The van der Waals surface area contributed by atoms with Crippen molar-refractivity contribution in [3.8, 4) is 0 Å². The predicted octanol–water partition coefficient (Wildman–Crippen LogP) is 3.06. The summed E-state index contributed by atoms with van der Waals surface area (Å²) in [6.07, 6.45) is 1.05. The first-order valence-electron chi connectivity index (χ1n) is 5.94. The number of nitrogens with one attached hydrogen (secondary N) is 2. The number of anilines is 2. The number of nitrogens with zero attached hydrogens (tertiary/aromatic N) is 2. The first-order chi connectivity index (χ1) is 9.19. The normalized spacial score (nSPS) is 10.7. The lowest BCUT2D eigenvalue weighted by Gasteiger charge is -2.03. The van der Waals surface area contributed by atoms with E-state index in [4.69, 9.17) is 4.42 Å². The maximum Gasteiger partial charge on any atom is 0.320 e. The maximum absolute atomic E-state index is 13.0. The fourth-order valence-corrected chi connectivity index (χ4v) is 2.07. The van der Waals surface area contributed by atoms with Gasteiger partial charge in [0.15, 0.2) is 0 Å². The van der Waals surface area contributed by atoms with Gasteiger partial charge in [-0.15, -0.1) is 5.10 Å². The van der Waals surface area contributed by atoms with E-state index in [9.17, 15) is 4.39 Å². The zero-order valence-corrected chi connectivity index (χ0v) is 12.6. The monoisotopic (exact) mass is 376 g/mol. The van der Waals surface area contributed by atoms with E-state index >= 15 is 0 Å². The van der Waals surface area contributed by atoms with Crippen LogP contribution in [0, 0.1) is 9.39 Å². The van der Waals surface area contributed by atoms with Crippen LogP contribution in [0.15, 0.2) is 22.6 Å². The second kappa shape index (κ2) is 6.80. The van der Waals surface area contributed by atoms with Gasteiger partial charge in [-0.3, -0.25) is 0 Å². The van der Waals surface area contributed by atoms with Gasteiger partial charge in [-0.2, -0.15) is 0 Å². The molecule has 0 aliphatic rings. The van der Waals surface area contributed by atoms with Gasteiger partial charge in [0.1, 0.15) is 5.82 Å². The highest BCUT2D eigenvalue weighted by molar-refractivity contribution is 14.1. The molecule has 102 valence electrons. The molecule has 0 aliphatic heterocycles. The Morgan fingerprint density at radius 3 is 2.95 bits per heavy atom. The first kappa shape index (κ1) is 14.2. The Bertz CT molecular complexity index is 546. The summed E-state index contributed by atoms with van der Waals surface area (Å²) < 4.78 is 19.1. The largest absolute Gasteiger partial charge is 0.406 e.